The number of nitrogen functional groups attached to an aromatic ring is 1. The Labute approximate surface area is 192 Å². The minimum Gasteiger partial charge on any atom is -0.480 e. The number of anilines is 1. The van der Waals surface area contributed by atoms with Crippen molar-refractivity contribution in [1.29, 1.82) is 0 Å². The number of ether oxygens (including phenoxy) is 1. The van der Waals surface area contributed by atoms with E-state index in [1.54, 1.807) is 12.1 Å². The minimum atomic E-state index is -1.33. The molecule has 176 valence electrons. The average molecular weight is 467 g/mol. The number of carbonyl (C=O) groups excluding carboxylic acids is 1. The lowest BCUT2D eigenvalue weighted by Crippen LogP contribution is -2.40. The molecule has 13 heteroatoms. The second-order valence-corrected chi connectivity index (χ2v) is 7.62. The van der Waals surface area contributed by atoms with E-state index in [0.717, 1.165) is 0 Å². The lowest BCUT2D eigenvalue weighted by Gasteiger charge is -2.21. The van der Waals surface area contributed by atoms with E-state index in [4.69, 9.17) is 16.2 Å². The number of amides is 1. The number of hydrogen-bond acceptors (Lipinski definition) is 10. The Kier molecular flexibility index (Phi) is 6.28. The van der Waals surface area contributed by atoms with Gasteiger partial charge in [0.15, 0.2) is 17.3 Å². The molecule has 4 unspecified atom stereocenters. The molecule has 1 aromatic carbocycles. The highest BCUT2D eigenvalue weighted by Gasteiger charge is 2.44. The van der Waals surface area contributed by atoms with Gasteiger partial charge in [-0.25, -0.2) is 15.0 Å². The van der Waals surface area contributed by atoms with Gasteiger partial charge in [0, 0.05) is 11.6 Å². The molecule has 3 aromatic rings. The Morgan fingerprint density at radius 3 is 2.74 bits per heavy atom. The van der Waals surface area contributed by atoms with Crippen LogP contribution < -0.4 is 11.5 Å². The first-order valence-electron chi connectivity index (χ1n) is 10.1. The van der Waals surface area contributed by atoms with Crippen molar-refractivity contribution < 1.29 is 29.6 Å². The van der Waals surface area contributed by atoms with E-state index >= 15 is 0 Å². The van der Waals surface area contributed by atoms with Gasteiger partial charge in [-0.05, 0) is 23.6 Å². The molecule has 0 bridgehead atoms. The molecule has 4 rings (SSSR count). The van der Waals surface area contributed by atoms with Crippen LogP contribution >= 0.6 is 0 Å². The predicted octanol–water partition coefficient (Wildman–Crippen LogP) is -1.41. The maximum absolute atomic E-state index is 11.5. The molecule has 0 aliphatic carbocycles. The van der Waals surface area contributed by atoms with E-state index in [9.17, 15) is 24.9 Å². The van der Waals surface area contributed by atoms with Crippen LogP contribution in [-0.4, -0.2) is 83.4 Å². The number of nitrogens with one attached hydrogen (secondary N) is 1. The molecular formula is C21H21N7O6. The van der Waals surface area contributed by atoms with Gasteiger partial charge >= 0.3 is 5.97 Å². The summed E-state index contributed by atoms with van der Waals surface area (Å²) < 4.78 is 5.82. The van der Waals surface area contributed by atoms with Crippen LogP contribution in [0.15, 0.2) is 30.6 Å². The number of primary amides is 1. The zero-order valence-corrected chi connectivity index (χ0v) is 17.6. The smallest absolute Gasteiger partial charge is 0.323 e. The maximum Gasteiger partial charge on any atom is 0.323 e. The molecule has 1 aliphatic heterocycles. The van der Waals surface area contributed by atoms with Crippen molar-refractivity contribution in [3.8, 4) is 12.0 Å². The number of benzene rings is 1. The average Bonchev–Trinajstić information content (AvgIpc) is 3.34. The van der Waals surface area contributed by atoms with Crippen LogP contribution in [0.1, 0.15) is 27.8 Å². The molecule has 0 spiro atoms. The molecule has 4 atom stereocenters. The molecular weight excluding hydrogens is 446 g/mol. The number of carboxylic acids is 1. The Morgan fingerprint density at radius 2 is 2.03 bits per heavy atom. The number of H-pyrrole nitrogens is 1. The van der Waals surface area contributed by atoms with E-state index in [2.05, 4.69) is 31.9 Å². The molecule has 0 radical (unpaired) electrons. The van der Waals surface area contributed by atoms with Crippen LogP contribution in [0.4, 0.5) is 5.82 Å². The first-order valence-corrected chi connectivity index (χ1v) is 10.1. The van der Waals surface area contributed by atoms with E-state index in [1.807, 2.05) is 0 Å². The van der Waals surface area contributed by atoms with Crippen molar-refractivity contribution >= 4 is 28.9 Å². The Balaban J connectivity index is 1.54. The normalized spacial score (nSPS) is 21.7. The zero-order chi connectivity index (χ0) is 24.4. The van der Waals surface area contributed by atoms with E-state index in [1.165, 1.54) is 23.4 Å². The Morgan fingerprint density at radius 1 is 1.24 bits per heavy atom. The second-order valence-electron chi connectivity index (χ2n) is 7.62. The molecule has 2 aromatic heterocycles. The van der Waals surface area contributed by atoms with Crippen LogP contribution in [0.5, 0.6) is 0 Å². The summed E-state index contributed by atoms with van der Waals surface area (Å²) in [5.74, 6) is 1.27. The number of aliphatic carboxylic acids is 1. The minimum absolute atomic E-state index is 0.133. The number of aliphatic hydroxyl groups is 2. The number of fused-ring (bicyclic) bond motifs is 1. The van der Waals surface area contributed by atoms with Crippen molar-refractivity contribution in [3.05, 3.63) is 47.5 Å². The molecule has 3 heterocycles. The van der Waals surface area contributed by atoms with Crippen molar-refractivity contribution in [2.24, 2.45) is 5.73 Å². The highest BCUT2D eigenvalue weighted by molar-refractivity contribution is 5.92. The second kappa shape index (κ2) is 9.32. The summed E-state index contributed by atoms with van der Waals surface area (Å²) in [5.41, 5.74) is 12.4. The largest absolute Gasteiger partial charge is 0.480 e. The van der Waals surface area contributed by atoms with Gasteiger partial charge < -0.3 is 41.4 Å². The predicted molar refractivity (Wildman–Crippen MR) is 117 cm³/mol. The quantitative estimate of drug-likeness (QED) is 0.183. The summed E-state index contributed by atoms with van der Waals surface area (Å²) in [6, 6.07) is 8.87. The van der Waals surface area contributed by atoms with Crippen molar-refractivity contribution in [3.63, 3.8) is 0 Å². The first-order chi connectivity index (χ1) is 16.2. The molecule has 1 fully saturated rings. The van der Waals surface area contributed by atoms with Crippen molar-refractivity contribution in [2.75, 3.05) is 18.8 Å². The summed E-state index contributed by atoms with van der Waals surface area (Å²) in [5, 5.41) is 30.3. The number of nitrogens with zero attached hydrogens (tertiary/aromatic N) is 4. The van der Waals surface area contributed by atoms with Gasteiger partial charge in [0.2, 0.25) is 5.91 Å². The number of imidazole rings is 1. The molecule has 34 heavy (non-hydrogen) atoms. The number of carbonyl (C=O) groups is 2. The van der Waals surface area contributed by atoms with Crippen LogP contribution in [0.3, 0.4) is 0 Å². The summed E-state index contributed by atoms with van der Waals surface area (Å²) >= 11 is 0. The summed E-state index contributed by atoms with van der Waals surface area (Å²) in [6.07, 6.45) is -3.31. The number of rotatable bonds is 6. The van der Waals surface area contributed by atoms with Gasteiger partial charge in [-0.15, -0.1) is 0 Å². The SMILES string of the molecule is NC(=O)c1cccc(C2OC(CN(C#Cc3nc4ncnc(N)c4[nH]3)CC(=O)O)C(O)C2O)c1. The Hall–Kier alpha value is -4.25. The van der Waals surface area contributed by atoms with Gasteiger partial charge in [0.25, 0.3) is 0 Å². The van der Waals surface area contributed by atoms with Crippen LogP contribution in [0.25, 0.3) is 11.2 Å². The van der Waals surface area contributed by atoms with Crippen molar-refractivity contribution in [1.82, 2.24) is 24.8 Å². The molecule has 13 nitrogen and oxygen atoms in total. The third-order valence-corrected chi connectivity index (χ3v) is 5.24. The maximum atomic E-state index is 11.5. The fraction of sp³-hybridized carbons (Fsp3) is 0.286. The number of aromatic nitrogens is 4. The summed E-state index contributed by atoms with van der Waals surface area (Å²) in [6.45, 7) is -0.620. The third kappa shape index (κ3) is 4.74. The molecule has 8 N–H and O–H groups in total. The topological polar surface area (TPSA) is 214 Å². The molecule has 1 aliphatic rings. The first kappa shape index (κ1) is 22.9. The monoisotopic (exact) mass is 467 g/mol. The lowest BCUT2D eigenvalue weighted by molar-refractivity contribution is -0.138. The van der Waals surface area contributed by atoms with Crippen LogP contribution in [0, 0.1) is 12.0 Å². The van der Waals surface area contributed by atoms with Gasteiger partial charge in [-0.1, -0.05) is 12.1 Å². The van der Waals surface area contributed by atoms with Gasteiger partial charge in [0.05, 0.1) is 6.54 Å². The summed E-state index contributed by atoms with van der Waals surface area (Å²) in [4.78, 5) is 38.9. The highest BCUT2D eigenvalue weighted by atomic mass is 16.5. The number of aliphatic hydroxyl groups excluding tert-OH is 2. The number of carboxylic acid groups (broad SMARTS) is 1. The summed E-state index contributed by atoms with van der Waals surface area (Å²) in [7, 11) is 0. The molecule has 1 amide bonds. The van der Waals surface area contributed by atoms with E-state index in [-0.39, 0.29) is 23.8 Å². The number of nitrogens with two attached hydrogens (primary N) is 2. The number of hydrogen-bond donors (Lipinski definition) is 6. The third-order valence-electron chi connectivity index (χ3n) is 5.24. The van der Waals surface area contributed by atoms with E-state index < -0.39 is 42.8 Å². The van der Waals surface area contributed by atoms with Crippen LogP contribution in [-0.2, 0) is 9.53 Å². The molecule has 1 saturated heterocycles. The van der Waals surface area contributed by atoms with E-state index in [0.29, 0.717) is 16.7 Å². The fourth-order valence-electron chi connectivity index (χ4n) is 3.61. The number of aromatic amines is 1. The highest BCUT2D eigenvalue weighted by Crippen LogP contribution is 2.34. The van der Waals surface area contributed by atoms with Crippen LogP contribution in [0.2, 0.25) is 0 Å². The van der Waals surface area contributed by atoms with Crippen molar-refractivity contribution in [2.45, 2.75) is 24.4 Å². The zero-order valence-electron chi connectivity index (χ0n) is 17.6. The lowest BCUT2D eigenvalue weighted by atomic mass is 9.99. The fourth-order valence-corrected chi connectivity index (χ4v) is 3.61. The standard InChI is InChI=1S/C21H21N7O6/c22-19-15-21(25-9-24-19)27-13(26-15)4-5-28(8-14(29)30)7-12-16(31)17(32)18(34-12)10-2-1-3-11(6-10)20(23)33/h1-3,6,9,12,16-18,31-32H,7-8H2,(H2,23,33)(H,29,30)(H3,22,24,25,26,27). The van der Waals surface area contributed by atoms with Gasteiger partial charge in [-0.2, -0.15) is 0 Å². The Bertz CT molecular complexity index is 1300. The van der Waals surface area contributed by atoms with Gasteiger partial charge in [-0.3, -0.25) is 9.59 Å². The molecule has 0 saturated carbocycles. The van der Waals surface area contributed by atoms with Gasteiger partial charge in [0.1, 0.15) is 42.8 Å².